The van der Waals surface area contributed by atoms with Crippen molar-refractivity contribution in [2.75, 3.05) is 19.6 Å². The second-order valence-electron chi connectivity index (χ2n) is 3.49. The van der Waals surface area contributed by atoms with Gasteiger partial charge in [-0.1, -0.05) is 0 Å². The summed E-state index contributed by atoms with van der Waals surface area (Å²) in [4.78, 5) is 12.9. The Balaban J connectivity index is 0.00000144. The van der Waals surface area contributed by atoms with Crippen LogP contribution in [0.5, 0.6) is 0 Å². The van der Waals surface area contributed by atoms with E-state index in [1.165, 1.54) is 0 Å². The van der Waals surface area contributed by atoms with Crippen molar-refractivity contribution in [1.29, 1.82) is 0 Å². The van der Waals surface area contributed by atoms with Crippen molar-refractivity contribution in [3.8, 4) is 0 Å². The maximum absolute atomic E-state index is 10.7. The van der Waals surface area contributed by atoms with Crippen molar-refractivity contribution >= 4 is 18.3 Å². The first kappa shape index (κ1) is 12.7. The highest BCUT2D eigenvalue weighted by molar-refractivity contribution is 5.85. The van der Waals surface area contributed by atoms with Gasteiger partial charge in [0.2, 0.25) is 5.91 Å². The predicted octanol–water partition coefficient (Wildman–Crippen LogP) is -0.424. The quantitative estimate of drug-likeness (QED) is 0.647. The molecule has 1 amide bonds. The maximum atomic E-state index is 10.7. The van der Waals surface area contributed by atoms with Crippen LogP contribution in [-0.2, 0) is 4.79 Å². The summed E-state index contributed by atoms with van der Waals surface area (Å²) in [5.41, 5.74) is 5.15. The number of amides is 1. The fourth-order valence-electron chi connectivity index (χ4n) is 1.66. The Morgan fingerprint density at radius 2 is 1.92 bits per heavy atom. The van der Waals surface area contributed by atoms with Gasteiger partial charge in [0.25, 0.3) is 0 Å². The van der Waals surface area contributed by atoms with Gasteiger partial charge in [0.15, 0.2) is 0 Å². The normalized spacial score (nSPS) is 29.4. The van der Waals surface area contributed by atoms with E-state index in [4.69, 9.17) is 5.73 Å². The van der Waals surface area contributed by atoms with Gasteiger partial charge >= 0.3 is 0 Å². The van der Waals surface area contributed by atoms with E-state index in [2.05, 4.69) is 24.1 Å². The summed E-state index contributed by atoms with van der Waals surface area (Å²) in [6.45, 7) is 6.47. The lowest BCUT2D eigenvalue weighted by Crippen LogP contribution is -2.56. The zero-order valence-corrected chi connectivity index (χ0v) is 8.93. The van der Waals surface area contributed by atoms with E-state index >= 15 is 0 Å². The minimum absolute atomic E-state index is 0. The van der Waals surface area contributed by atoms with E-state index in [1.807, 2.05) is 0 Å². The molecular formula is C8H18ClN3O. The third kappa shape index (κ3) is 3.50. The number of rotatable bonds is 2. The summed E-state index contributed by atoms with van der Waals surface area (Å²) in [5.74, 6) is -0.240. The lowest BCUT2D eigenvalue weighted by molar-refractivity contribution is -0.120. The number of carbonyl (C=O) groups is 1. The van der Waals surface area contributed by atoms with Crippen LogP contribution >= 0.6 is 12.4 Å². The Labute approximate surface area is 85.3 Å². The summed E-state index contributed by atoms with van der Waals surface area (Å²) in [6, 6.07) is 0.808. The molecule has 1 rings (SSSR count). The number of nitrogens with one attached hydrogen (secondary N) is 1. The van der Waals surface area contributed by atoms with Crippen LogP contribution in [0.25, 0.3) is 0 Å². The molecule has 0 aromatic rings. The highest BCUT2D eigenvalue weighted by Gasteiger charge is 2.24. The second-order valence-corrected chi connectivity index (χ2v) is 3.49. The van der Waals surface area contributed by atoms with Crippen LogP contribution in [0.3, 0.4) is 0 Å². The molecule has 5 heteroatoms. The number of halogens is 1. The summed E-state index contributed by atoms with van der Waals surface area (Å²) in [6.07, 6.45) is 0. The minimum Gasteiger partial charge on any atom is -0.369 e. The molecule has 2 atom stereocenters. The monoisotopic (exact) mass is 207 g/mol. The van der Waals surface area contributed by atoms with E-state index in [0.717, 1.165) is 13.1 Å². The van der Waals surface area contributed by atoms with E-state index < -0.39 is 0 Å². The molecule has 0 aromatic carbocycles. The fraction of sp³-hybridized carbons (Fsp3) is 0.875. The number of piperazine rings is 1. The van der Waals surface area contributed by atoms with E-state index in [0.29, 0.717) is 18.6 Å². The van der Waals surface area contributed by atoms with Crippen molar-refractivity contribution in [2.24, 2.45) is 5.73 Å². The van der Waals surface area contributed by atoms with Crippen LogP contribution < -0.4 is 11.1 Å². The molecule has 0 aliphatic carbocycles. The van der Waals surface area contributed by atoms with E-state index in [9.17, 15) is 4.79 Å². The fourth-order valence-corrected chi connectivity index (χ4v) is 1.66. The Kier molecular flexibility index (Phi) is 5.29. The van der Waals surface area contributed by atoms with Gasteiger partial charge < -0.3 is 11.1 Å². The predicted molar refractivity (Wildman–Crippen MR) is 54.9 cm³/mol. The number of primary amides is 1. The van der Waals surface area contributed by atoms with Crippen LogP contribution in [-0.4, -0.2) is 42.5 Å². The number of hydrogen-bond donors (Lipinski definition) is 2. The topological polar surface area (TPSA) is 58.4 Å². The number of hydrogen-bond acceptors (Lipinski definition) is 3. The van der Waals surface area contributed by atoms with Gasteiger partial charge in [-0.2, -0.15) is 0 Å². The summed E-state index contributed by atoms with van der Waals surface area (Å²) < 4.78 is 0. The van der Waals surface area contributed by atoms with Gasteiger partial charge in [0.05, 0.1) is 6.54 Å². The van der Waals surface area contributed by atoms with Crippen molar-refractivity contribution in [3.05, 3.63) is 0 Å². The van der Waals surface area contributed by atoms with Gasteiger partial charge in [-0.25, -0.2) is 0 Å². The minimum atomic E-state index is -0.240. The number of nitrogens with two attached hydrogens (primary N) is 1. The van der Waals surface area contributed by atoms with Crippen molar-refractivity contribution in [1.82, 2.24) is 10.2 Å². The van der Waals surface area contributed by atoms with Crippen molar-refractivity contribution < 1.29 is 4.79 Å². The van der Waals surface area contributed by atoms with Gasteiger partial charge in [-0.15, -0.1) is 12.4 Å². The molecule has 0 unspecified atom stereocenters. The number of carbonyl (C=O) groups excluding carboxylic acids is 1. The van der Waals surface area contributed by atoms with Crippen LogP contribution in [0.1, 0.15) is 13.8 Å². The molecule has 0 aromatic heterocycles. The standard InChI is InChI=1S/C8H17N3O.ClH/c1-6-3-10-4-7(2)11(6)5-8(9)12;/h6-7,10H,3-5H2,1-2H3,(H2,9,12);1H/t6-,7+;. The highest BCUT2D eigenvalue weighted by atomic mass is 35.5. The second kappa shape index (κ2) is 5.42. The first-order chi connectivity index (χ1) is 5.61. The summed E-state index contributed by atoms with van der Waals surface area (Å²) in [7, 11) is 0. The SMILES string of the molecule is C[C@@H]1CNC[C@H](C)N1CC(N)=O.Cl. The van der Waals surface area contributed by atoms with Gasteiger partial charge in [-0.3, -0.25) is 9.69 Å². The molecule has 78 valence electrons. The maximum Gasteiger partial charge on any atom is 0.231 e. The molecule has 1 saturated heterocycles. The Hall–Kier alpha value is -0.320. The van der Waals surface area contributed by atoms with Crippen molar-refractivity contribution in [3.63, 3.8) is 0 Å². The molecule has 0 saturated carbocycles. The van der Waals surface area contributed by atoms with Crippen LogP contribution in [0.15, 0.2) is 0 Å². The largest absolute Gasteiger partial charge is 0.369 e. The van der Waals surface area contributed by atoms with Gasteiger partial charge in [-0.05, 0) is 13.8 Å². The van der Waals surface area contributed by atoms with E-state index in [1.54, 1.807) is 0 Å². The average Bonchev–Trinajstić information content (AvgIpc) is 1.97. The molecule has 1 aliphatic heterocycles. The molecule has 3 N–H and O–H groups in total. The third-order valence-corrected chi connectivity index (χ3v) is 2.35. The molecular weight excluding hydrogens is 190 g/mol. The van der Waals surface area contributed by atoms with Crippen LogP contribution in [0.2, 0.25) is 0 Å². The molecule has 0 bridgehead atoms. The van der Waals surface area contributed by atoms with E-state index in [-0.39, 0.29) is 18.3 Å². The molecule has 1 heterocycles. The molecule has 0 radical (unpaired) electrons. The van der Waals surface area contributed by atoms with Gasteiger partial charge in [0.1, 0.15) is 0 Å². The smallest absolute Gasteiger partial charge is 0.231 e. The molecule has 1 aliphatic rings. The first-order valence-corrected chi connectivity index (χ1v) is 4.36. The number of nitrogens with zero attached hydrogens (tertiary/aromatic N) is 1. The van der Waals surface area contributed by atoms with Gasteiger partial charge in [0, 0.05) is 25.2 Å². The van der Waals surface area contributed by atoms with Crippen LogP contribution in [0, 0.1) is 0 Å². The van der Waals surface area contributed by atoms with Crippen LogP contribution in [0.4, 0.5) is 0 Å². The lowest BCUT2D eigenvalue weighted by Gasteiger charge is -2.38. The molecule has 13 heavy (non-hydrogen) atoms. The molecule has 1 fully saturated rings. The summed E-state index contributed by atoms with van der Waals surface area (Å²) >= 11 is 0. The molecule has 4 nitrogen and oxygen atoms in total. The third-order valence-electron chi connectivity index (χ3n) is 2.35. The van der Waals surface area contributed by atoms with Crippen molar-refractivity contribution in [2.45, 2.75) is 25.9 Å². The first-order valence-electron chi connectivity index (χ1n) is 4.36. The highest BCUT2D eigenvalue weighted by Crippen LogP contribution is 2.07. The zero-order valence-electron chi connectivity index (χ0n) is 8.12. The lowest BCUT2D eigenvalue weighted by atomic mass is 10.1. The average molecular weight is 208 g/mol. The molecule has 0 spiro atoms. The zero-order chi connectivity index (χ0) is 9.14. The summed E-state index contributed by atoms with van der Waals surface area (Å²) in [5, 5.41) is 3.29. The Bertz CT molecular complexity index is 167. The Morgan fingerprint density at radius 1 is 1.46 bits per heavy atom. The Morgan fingerprint density at radius 3 is 2.31 bits per heavy atom.